The van der Waals surface area contributed by atoms with Crippen molar-refractivity contribution in [2.75, 3.05) is 0 Å². The van der Waals surface area contributed by atoms with E-state index in [9.17, 15) is 13.6 Å². The summed E-state index contributed by atoms with van der Waals surface area (Å²) in [5.74, 6) is -0.493. The fraction of sp³-hybridized carbons (Fsp3) is 0.111. The van der Waals surface area contributed by atoms with E-state index in [4.69, 9.17) is 4.74 Å². The van der Waals surface area contributed by atoms with Gasteiger partial charge in [0.15, 0.2) is 5.70 Å². The highest BCUT2D eigenvalue weighted by Crippen LogP contribution is 2.26. The minimum atomic E-state index is -2.95. The van der Waals surface area contributed by atoms with Crippen LogP contribution in [0.25, 0.3) is 6.08 Å². The molecular weight excluding hydrogens is 316 g/mol. The average molecular weight is 329 g/mol. The van der Waals surface area contributed by atoms with Crippen LogP contribution in [-0.4, -0.2) is 18.5 Å². The Labute approximate surface area is 137 Å². The summed E-state index contributed by atoms with van der Waals surface area (Å²) >= 11 is 0. The number of nitrogens with zero attached hydrogens (tertiary/aromatic N) is 1. The van der Waals surface area contributed by atoms with Gasteiger partial charge >= 0.3 is 12.6 Å². The van der Waals surface area contributed by atoms with Crippen LogP contribution >= 0.6 is 0 Å². The number of alkyl halides is 2. The zero-order valence-corrected chi connectivity index (χ0v) is 12.7. The second-order valence-corrected chi connectivity index (χ2v) is 5.12. The maximum atomic E-state index is 12.4. The third kappa shape index (κ3) is 3.48. The Kier molecular flexibility index (Phi) is 4.37. The van der Waals surface area contributed by atoms with E-state index in [1.54, 1.807) is 24.3 Å². The number of aliphatic imine (C=N–C) groups is 1. The Balaban J connectivity index is 1.95. The van der Waals surface area contributed by atoms with Crippen molar-refractivity contribution in [2.45, 2.75) is 13.5 Å². The van der Waals surface area contributed by atoms with Gasteiger partial charge in [0.05, 0.1) is 0 Å². The van der Waals surface area contributed by atoms with Crippen LogP contribution < -0.4 is 4.74 Å². The van der Waals surface area contributed by atoms with Crippen molar-refractivity contribution in [1.29, 1.82) is 0 Å². The first kappa shape index (κ1) is 15.9. The molecule has 2 aromatic carbocycles. The topological polar surface area (TPSA) is 47.9 Å². The van der Waals surface area contributed by atoms with Gasteiger partial charge in [-0.1, -0.05) is 35.9 Å². The van der Waals surface area contributed by atoms with E-state index in [0.717, 1.165) is 5.56 Å². The number of hydrogen-bond acceptors (Lipinski definition) is 4. The number of benzene rings is 2. The number of rotatable bonds is 4. The number of aryl methyl sites for hydroxylation is 1. The van der Waals surface area contributed by atoms with Gasteiger partial charge in [-0.25, -0.2) is 9.79 Å². The van der Waals surface area contributed by atoms with Crippen molar-refractivity contribution in [1.82, 2.24) is 0 Å². The van der Waals surface area contributed by atoms with E-state index >= 15 is 0 Å². The Morgan fingerprint density at radius 2 is 1.96 bits per heavy atom. The van der Waals surface area contributed by atoms with Crippen LogP contribution in [0.5, 0.6) is 5.75 Å². The molecule has 0 aromatic heterocycles. The minimum absolute atomic E-state index is 0.0248. The third-order valence-electron chi connectivity index (χ3n) is 3.31. The van der Waals surface area contributed by atoms with E-state index in [2.05, 4.69) is 9.73 Å². The Morgan fingerprint density at radius 3 is 2.71 bits per heavy atom. The molecule has 0 atom stereocenters. The summed E-state index contributed by atoms with van der Waals surface area (Å²) in [6.07, 6.45) is 1.36. The molecule has 0 unspecified atom stereocenters. The first-order chi connectivity index (χ1) is 11.5. The molecule has 0 bridgehead atoms. The van der Waals surface area contributed by atoms with Crippen LogP contribution in [0.1, 0.15) is 16.7 Å². The normalized spacial score (nSPS) is 15.6. The maximum Gasteiger partial charge on any atom is 0.387 e. The molecule has 3 rings (SSSR count). The number of halogens is 2. The second-order valence-electron chi connectivity index (χ2n) is 5.12. The van der Waals surface area contributed by atoms with E-state index in [-0.39, 0.29) is 17.3 Å². The molecule has 0 spiro atoms. The highest BCUT2D eigenvalue weighted by molar-refractivity contribution is 6.13. The summed E-state index contributed by atoms with van der Waals surface area (Å²) in [5.41, 5.74) is 2.01. The molecule has 1 aliphatic heterocycles. The lowest BCUT2D eigenvalue weighted by atomic mass is 10.1. The minimum Gasteiger partial charge on any atom is -0.434 e. The first-order valence-corrected chi connectivity index (χ1v) is 7.16. The van der Waals surface area contributed by atoms with Crippen LogP contribution in [0, 0.1) is 6.92 Å². The number of hydrogen-bond donors (Lipinski definition) is 0. The number of esters is 1. The van der Waals surface area contributed by atoms with Gasteiger partial charge in [0.1, 0.15) is 5.75 Å². The largest absolute Gasteiger partial charge is 0.434 e. The highest BCUT2D eigenvalue weighted by Gasteiger charge is 2.24. The van der Waals surface area contributed by atoms with E-state index in [1.165, 1.54) is 12.1 Å². The number of carbonyl (C=O) groups is 1. The quantitative estimate of drug-likeness (QED) is 0.630. The summed E-state index contributed by atoms with van der Waals surface area (Å²) in [4.78, 5) is 16.1. The lowest BCUT2D eigenvalue weighted by molar-refractivity contribution is -0.129. The Morgan fingerprint density at radius 1 is 1.17 bits per heavy atom. The van der Waals surface area contributed by atoms with Crippen LogP contribution in [0.2, 0.25) is 0 Å². The van der Waals surface area contributed by atoms with Crippen LogP contribution in [-0.2, 0) is 9.53 Å². The molecule has 0 amide bonds. The monoisotopic (exact) mass is 329 g/mol. The van der Waals surface area contributed by atoms with Crippen molar-refractivity contribution >= 4 is 17.9 Å². The predicted molar refractivity (Wildman–Crippen MR) is 84.9 cm³/mol. The number of cyclic esters (lactones) is 1. The van der Waals surface area contributed by atoms with Gasteiger partial charge in [0.2, 0.25) is 5.90 Å². The van der Waals surface area contributed by atoms with Gasteiger partial charge in [-0.15, -0.1) is 0 Å². The van der Waals surface area contributed by atoms with Gasteiger partial charge in [-0.3, -0.25) is 0 Å². The highest BCUT2D eigenvalue weighted by atomic mass is 19.3. The second kappa shape index (κ2) is 6.62. The van der Waals surface area contributed by atoms with Crippen molar-refractivity contribution in [3.8, 4) is 5.75 Å². The van der Waals surface area contributed by atoms with Gasteiger partial charge in [0, 0.05) is 11.1 Å². The lowest BCUT2D eigenvalue weighted by Crippen LogP contribution is -2.05. The van der Waals surface area contributed by atoms with E-state index < -0.39 is 12.6 Å². The zero-order chi connectivity index (χ0) is 17.1. The van der Waals surface area contributed by atoms with Gasteiger partial charge in [-0.05, 0) is 31.2 Å². The fourth-order valence-electron chi connectivity index (χ4n) is 2.26. The summed E-state index contributed by atoms with van der Waals surface area (Å²) < 4.78 is 34.5. The molecule has 1 aliphatic rings. The number of para-hydroxylation sites is 1. The molecule has 0 saturated heterocycles. The smallest absolute Gasteiger partial charge is 0.387 e. The van der Waals surface area contributed by atoms with Crippen molar-refractivity contribution in [3.63, 3.8) is 0 Å². The van der Waals surface area contributed by atoms with Crippen LogP contribution in [0.4, 0.5) is 8.78 Å². The summed E-state index contributed by atoms with van der Waals surface area (Å²) in [6.45, 7) is -1.04. The molecule has 4 nitrogen and oxygen atoms in total. The molecule has 1 heterocycles. The molecule has 0 aliphatic carbocycles. The molecular formula is C18H13F2NO3. The molecule has 24 heavy (non-hydrogen) atoms. The predicted octanol–water partition coefficient (Wildman–Crippen LogP) is 3.94. The van der Waals surface area contributed by atoms with Crippen molar-refractivity contribution < 1.29 is 23.0 Å². The van der Waals surface area contributed by atoms with Crippen LogP contribution in [0.3, 0.4) is 0 Å². The maximum absolute atomic E-state index is 12.4. The summed E-state index contributed by atoms with van der Waals surface area (Å²) in [6, 6.07) is 13.5. The first-order valence-electron chi connectivity index (χ1n) is 7.16. The number of ether oxygens (including phenoxy) is 2. The Bertz CT molecular complexity index is 844. The molecule has 0 saturated carbocycles. The molecule has 0 fully saturated rings. The lowest BCUT2D eigenvalue weighted by Gasteiger charge is -2.07. The molecule has 122 valence electrons. The van der Waals surface area contributed by atoms with Gasteiger partial charge in [0.25, 0.3) is 0 Å². The van der Waals surface area contributed by atoms with E-state index in [0.29, 0.717) is 11.1 Å². The SMILES string of the molecule is Cc1cccc(C2=N/C(=C/c3ccccc3OC(F)F)C(=O)O2)c1. The molecule has 6 heteroatoms. The third-order valence-corrected chi connectivity index (χ3v) is 3.31. The molecule has 0 radical (unpaired) electrons. The van der Waals surface area contributed by atoms with E-state index in [1.807, 2.05) is 25.1 Å². The van der Waals surface area contributed by atoms with Crippen molar-refractivity contribution in [3.05, 3.63) is 70.9 Å². The zero-order valence-electron chi connectivity index (χ0n) is 12.7. The van der Waals surface area contributed by atoms with Gasteiger partial charge < -0.3 is 9.47 Å². The standard InChI is InChI=1S/C18H13F2NO3/c1-11-5-4-7-13(9-11)16-21-14(17(22)24-16)10-12-6-2-3-8-15(12)23-18(19)20/h2-10,18H,1H3/b14-10+. The number of carbonyl (C=O) groups excluding carboxylic acids is 1. The molecule has 0 N–H and O–H groups in total. The summed E-state index contributed by atoms with van der Waals surface area (Å²) in [7, 11) is 0. The Hall–Kier alpha value is -3.02. The van der Waals surface area contributed by atoms with Crippen molar-refractivity contribution in [2.24, 2.45) is 4.99 Å². The van der Waals surface area contributed by atoms with Crippen LogP contribution in [0.15, 0.2) is 59.2 Å². The van der Waals surface area contributed by atoms with Gasteiger partial charge in [-0.2, -0.15) is 8.78 Å². The molecule has 2 aromatic rings. The summed E-state index contributed by atoms with van der Waals surface area (Å²) in [5, 5.41) is 0. The fourth-order valence-corrected chi connectivity index (χ4v) is 2.26. The average Bonchev–Trinajstić information content (AvgIpc) is 2.90.